The molecule has 16 bridgehead atoms. The molecule has 17 aliphatic rings. The molecule has 16 aliphatic carbocycles. The molecule has 0 aromatic carbocycles. The number of carbonyl (C=O) groups excluding carboxylic acids is 3. The molecule has 1 saturated heterocycles. The Morgan fingerprint density at radius 3 is 1.21 bits per heavy atom. The van der Waals surface area contributed by atoms with Gasteiger partial charge in [-0.15, -0.1) is 0 Å². The van der Waals surface area contributed by atoms with Crippen molar-refractivity contribution in [3.05, 3.63) is 0 Å². The molecular weight excluding hydrogens is 940 g/mol. The van der Waals surface area contributed by atoms with Gasteiger partial charge < -0.3 is 40.4 Å². The molecule has 16 heteroatoms. The van der Waals surface area contributed by atoms with Crippen LogP contribution in [0.25, 0.3) is 0 Å². The average molecular weight is 1030 g/mol. The largest absolute Gasteiger partial charge is 0.481 e. The fourth-order valence-electron chi connectivity index (χ4n) is 21.8. The molecule has 8 unspecified atom stereocenters. The number of likely N-dealkylation sites (tertiary alicyclic amines) is 1. The number of ether oxygens (including phenoxy) is 2. The van der Waals surface area contributed by atoms with Gasteiger partial charge in [0.1, 0.15) is 17.0 Å². The first kappa shape index (κ1) is 54.0. The minimum Gasteiger partial charge on any atom is -0.481 e. The minimum absolute atomic E-state index is 0.0198. The third-order valence-corrected chi connectivity index (χ3v) is 23.3. The van der Waals surface area contributed by atoms with Crippen molar-refractivity contribution >= 4 is 30.9 Å². The van der Waals surface area contributed by atoms with Gasteiger partial charge in [-0.1, -0.05) is 20.8 Å². The Hall–Kier alpha value is -2.43. The van der Waals surface area contributed by atoms with Crippen LogP contribution in [0.4, 0.5) is 13.2 Å². The number of nitrogens with zero attached hydrogens (tertiary/aromatic N) is 1. The number of hydrogen-bond donors (Lipinski definition) is 5. The van der Waals surface area contributed by atoms with Gasteiger partial charge in [0.15, 0.2) is 0 Å². The highest BCUT2D eigenvalue weighted by molar-refractivity contribution is 6.43. The van der Waals surface area contributed by atoms with Crippen LogP contribution in [-0.4, -0.2) is 111 Å². The lowest BCUT2D eigenvalue weighted by Crippen LogP contribution is -2.64. The zero-order chi connectivity index (χ0) is 52.5. The Kier molecular flexibility index (Phi) is 14.0. The van der Waals surface area contributed by atoms with E-state index in [4.69, 9.17) is 15.2 Å². The van der Waals surface area contributed by atoms with Crippen LogP contribution in [0.2, 0.25) is 0 Å². The summed E-state index contributed by atoms with van der Waals surface area (Å²) in [5.74, 6) is 1.52. The second-order valence-corrected chi connectivity index (χ2v) is 28.7. The smallest absolute Gasteiger partial charge is 0.475 e. The molecule has 16 saturated carbocycles. The number of alkyl halides is 3. The molecule has 0 spiro atoms. The number of methoxy groups -OCH3 is 2. The SMILES string of the molecule is COC(=O)[C@@H](C)C12CC3CC(CC(F)(C3)C1)C2.COC(=O)[C@@H](C)C12CC3CC(CC(O)(C3)C1)C2.C[C@H](C(=O)O)C12CC3CC(CC(F)(C3)C1)C2.N[C@H](C(=O)N1CCC[C@H]1B(O)O)C12CC3CC(CC(F)(C3)C1)C2. The number of carboxylic acids is 1. The predicted octanol–water partition coefficient (Wildman–Crippen LogP) is 8.87. The summed E-state index contributed by atoms with van der Waals surface area (Å²) in [5.41, 5.74) is 2.02. The summed E-state index contributed by atoms with van der Waals surface area (Å²) in [4.78, 5) is 49.3. The summed E-state index contributed by atoms with van der Waals surface area (Å²) in [7, 11) is 1.37. The zero-order valence-electron chi connectivity index (χ0n) is 44.6. The van der Waals surface area contributed by atoms with Gasteiger partial charge in [0, 0.05) is 6.54 Å². The maximum atomic E-state index is 15.1. The molecular formula is C57H88BF3N2O10. The van der Waals surface area contributed by atoms with Gasteiger partial charge in [-0.25, -0.2) is 13.2 Å². The van der Waals surface area contributed by atoms with Crippen molar-refractivity contribution in [2.75, 3.05) is 20.8 Å². The van der Waals surface area contributed by atoms with E-state index in [9.17, 15) is 48.2 Å². The van der Waals surface area contributed by atoms with Gasteiger partial charge >= 0.3 is 25.0 Å². The molecule has 17 fully saturated rings. The van der Waals surface area contributed by atoms with Gasteiger partial charge in [-0.05, 0) is 236 Å². The van der Waals surface area contributed by atoms with E-state index in [1.54, 1.807) is 6.92 Å². The van der Waals surface area contributed by atoms with Crippen molar-refractivity contribution in [2.45, 2.75) is 222 Å². The quantitative estimate of drug-likeness (QED) is 0.109. The van der Waals surface area contributed by atoms with E-state index in [0.717, 1.165) is 103 Å². The fourth-order valence-corrected chi connectivity index (χ4v) is 21.8. The molecule has 17 rings (SSSR count). The van der Waals surface area contributed by atoms with Crippen molar-refractivity contribution in [3.63, 3.8) is 0 Å². The van der Waals surface area contributed by atoms with Crippen LogP contribution < -0.4 is 5.73 Å². The van der Waals surface area contributed by atoms with E-state index in [-0.39, 0.29) is 51.8 Å². The number of amides is 1. The fraction of sp³-hybridized carbons (Fsp3) is 0.930. The third-order valence-electron chi connectivity index (χ3n) is 23.3. The first-order valence-electron chi connectivity index (χ1n) is 28.8. The first-order chi connectivity index (χ1) is 34.2. The number of halogens is 3. The summed E-state index contributed by atoms with van der Waals surface area (Å²) in [5, 5.41) is 38.8. The monoisotopic (exact) mass is 1030 g/mol. The molecule has 13 atom stereocenters. The lowest BCUT2D eigenvalue weighted by Gasteiger charge is -2.61. The van der Waals surface area contributed by atoms with Crippen LogP contribution in [0.3, 0.4) is 0 Å². The Morgan fingerprint density at radius 1 is 0.548 bits per heavy atom. The molecule has 6 N–H and O–H groups in total. The van der Waals surface area contributed by atoms with Crippen molar-refractivity contribution in [1.82, 2.24) is 4.90 Å². The van der Waals surface area contributed by atoms with E-state index in [1.807, 2.05) is 13.8 Å². The molecule has 1 aliphatic heterocycles. The first-order valence-corrected chi connectivity index (χ1v) is 28.8. The Bertz CT molecular complexity index is 2020. The lowest BCUT2D eigenvalue weighted by atomic mass is 9.45. The van der Waals surface area contributed by atoms with E-state index < -0.39 is 53.1 Å². The highest BCUT2D eigenvalue weighted by Crippen LogP contribution is 2.68. The van der Waals surface area contributed by atoms with Crippen LogP contribution >= 0.6 is 0 Å². The molecule has 73 heavy (non-hydrogen) atoms. The van der Waals surface area contributed by atoms with E-state index in [0.29, 0.717) is 105 Å². The van der Waals surface area contributed by atoms with Gasteiger partial charge in [-0.3, -0.25) is 19.2 Å². The predicted molar refractivity (Wildman–Crippen MR) is 267 cm³/mol. The van der Waals surface area contributed by atoms with Crippen LogP contribution in [0.5, 0.6) is 0 Å². The number of aliphatic hydroxyl groups is 1. The number of carboxylic acid groups (broad SMARTS) is 1. The maximum Gasteiger partial charge on any atom is 0.475 e. The molecule has 1 heterocycles. The molecule has 0 aromatic heterocycles. The highest BCUT2D eigenvalue weighted by Gasteiger charge is 2.65. The van der Waals surface area contributed by atoms with Crippen LogP contribution in [0.15, 0.2) is 0 Å². The lowest BCUT2D eigenvalue weighted by molar-refractivity contribution is -0.190. The zero-order valence-corrected chi connectivity index (χ0v) is 44.6. The Balaban J connectivity index is 0.000000113. The molecule has 12 nitrogen and oxygen atoms in total. The number of aliphatic carboxylic acids is 1. The number of rotatable bonds is 9. The normalized spacial score (nSPS) is 48.8. The number of esters is 2. The summed E-state index contributed by atoms with van der Waals surface area (Å²) >= 11 is 0. The topological polar surface area (TPSA) is 197 Å². The van der Waals surface area contributed by atoms with Crippen molar-refractivity contribution < 1.29 is 62.1 Å². The Labute approximate surface area is 432 Å². The van der Waals surface area contributed by atoms with Crippen LogP contribution in [0.1, 0.15) is 188 Å². The number of nitrogens with two attached hydrogens (primary N) is 1. The van der Waals surface area contributed by atoms with E-state index >= 15 is 4.39 Å². The summed E-state index contributed by atoms with van der Waals surface area (Å²) in [6.07, 6.45) is 22.2. The molecule has 0 aromatic rings. The Morgan fingerprint density at radius 2 is 0.877 bits per heavy atom. The number of carbonyl (C=O) groups is 4. The third kappa shape index (κ3) is 9.85. The second-order valence-electron chi connectivity index (χ2n) is 28.7. The number of hydrogen-bond acceptors (Lipinski definition) is 10. The van der Waals surface area contributed by atoms with Gasteiger partial charge in [-0.2, -0.15) is 0 Å². The second kappa shape index (κ2) is 18.9. The van der Waals surface area contributed by atoms with Crippen molar-refractivity contribution in [3.8, 4) is 0 Å². The molecule has 0 radical (unpaired) electrons. The van der Waals surface area contributed by atoms with Gasteiger partial charge in [0.2, 0.25) is 5.91 Å². The van der Waals surface area contributed by atoms with Gasteiger partial charge in [0.05, 0.1) is 49.6 Å². The average Bonchev–Trinajstić information content (AvgIpc) is 3.78. The van der Waals surface area contributed by atoms with E-state index in [2.05, 4.69) is 0 Å². The molecule has 1 amide bonds. The van der Waals surface area contributed by atoms with Crippen LogP contribution in [0, 0.1) is 86.8 Å². The van der Waals surface area contributed by atoms with Crippen LogP contribution in [-0.2, 0) is 28.7 Å². The maximum absolute atomic E-state index is 15.1. The van der Waals surface area contributed by atoms with E-state index in [1.165, 1.54) is 32.0 Å². The molecule has 410 valence electrons. The summed E-state index contributed by atoms with van der Waals surface area (Å²) in [6, 6.07) is -0.720. The highest BCUT2D eigenvalue weighted by atomic mass is 19.2. The standard InChI is InChI=1S/C16H26BFN2O3.C14H21FO2.C14H22O3.C13H19FO2/c18-16-7-10-4-11(8-16)6-15(5-10,9-16)13(19)14(21)20-3-1-2-12(20)17(22)23;1-9(12(16)17-2)13-4-10-3-11(5-13)7-14(15,6-10)8-13;1-9(12(15)17-2)13-4-10-3-11(5-13)7-14(16,6-10)8-13;1-8(11(15)16)12-3-9-2-10(4-12)6-13(14,5-9)7-12/h10-13,22-23H,1-9,19H2;9-11H,3-8H2,1-2H3;9-11,16H,3-8H2,1-2H3;8-10H,2-7H2,1H3,(H,15,16)/t10?,11?,12-,13+,15?,16?;2*9-,10?,11?,13?,14?;8-,9?,10?,12?,13?/m0111/s1. The van der Waals surface area contributed by atoms with Crippen molar-refractivity contribution in [1.29, 1.82) is 0 Å². The van der Waals surface area contributed by atoms with Crippen molar-refractivity contribution in [2.24, 2.45) is 92.5 Å². The summed E-state index contributed by atoms with van der Waals surface area (Å²) < 4.78 is 54.1. The minimum atomic E-state index is -1.53. The summed E-state index contributed by atoms with van der Waals surface area (Å²) in [6.45, 7) is 6.21. The van der Waals surface area contributed by atoms with Gasteiger partial charge in [0.25, 0.3) is 0 Å².